The Hall–Kier alpha value is -2.69. The molecule has 5 nitrogen and oxygen atoms in total. The van der Waals surface area contributed by atoms with E-state index in [1.54, 1.807) is 14.2 Å². The zero-order valence-electron chi connectivity index (χ0n) is 15.1. The second-order valence-corrected chi connectivity index (χ2v) is 6.26. The molecule has 0 saturated carbocycles. The van der Waals surface area contributed by atoms with Gasteiger partial charge in [-0.3, -0.25) is 4.79 Å². The topological polar surface area (TPSA) is 50.8 Å². The molecule has 132 valence electrons. The minimum atomic E-state index is -0.344. The standard InChI is InChI=1S/C20H24N2O3/c1-13-11-18(24-3)19(25-4)12-16(13)21-14(2)20(23)22-10-9-15-7-5-6-8-17(15)22/h5-8,11-12,14,21H,9-10H2,1-4H3/t14-/m0/s1. The van der Waals surface area contributed by atoms with Crippen molar-refractivity contribution in [1.29, 1.82) is 0 Å². The highest BCUT2D eigenvalue weighted by Crippen LogP contribution is 2.34. The summed E-state index contributed by atoms with van der Waals surface area (Å²) in [5.74, 6) is 1.39. The number of rotatable bonds is 5. The predicted molar refractivity (Wildman–Crippen MR) is 99.9 cm³/mol. The van der Waals surface area contributed by atoms with Crippen molar-refractivity contribution in [2.75, 3.05) is 31.0 Å². The van der Waals surface area contributed by atoms with Crippen LogP contribution in [0, 0.1) is 6.92 Å². The van der Waals surface area contributed by atoms with Gasteiger partial charge in [-0.15, -0.1) is 0 Å². The van der Waals surface area contributed by atoms with Crippen LogP contribution in [0.15, 0.2) is 36.4 Å². The van der Waals surface area contributed by atoms with Crippen molar-refractivity contribution in [3.8, 4) is 11.5 Å². The molecule has 2 aromatic carbocycles. The number of aryl methyl sites for hydroxylation is 1. The molecule has 1 atom stereocenters. The summed E-state index contributed by atoms with van der Waals surface area (Å²) in [7, 11) is 3.22. The van der Waals surface area contributed by atoms with E-state index in [1.165, 1.54) is 5.56 Å². The minimum Gasteiger partial charge on any atom is -0.493 e. The highest BCUT2D eigenvalue weighted by atomic mass is 16.5. The van der Waals surface area contributed by atoms with Crippen LogP contribution in [0.5, 0.6) is 11.5 Å². The van der Waals surface area contributed by atoms with Crippen LogP contribution in [0.3, 0.4) is 0 Å². The first kappa shape index (κ1) is 17.1. The molecule has 5 heteroatoms. The van der Waals surface area contributed by atoms with E-state index < -0.39 is 0 Å². The number of anilines is 2. The average molecular weight is 340 g/mol. The van der Waals surface area contributed by atoms with E-state index in [2.05, 4.69) is 11.4 Å². The molecular weight excluding hydrogens is 316 g/mol. The molecule has 1 heterocycles. The van der Waals surface area contributed by atoms with Gasteiger partial charge in [0.25, 0.3) is 0 Å². The fourth-order valence-electron chi connectivity index (χ4n) is 3.23. The molecule has 2 aromatic rings. The van der Waals surface area contributed by atoms with Gasteiger partial charge in [0.15, 0.2) is 11.5 Å². The first-order chi connectivity index (χ1) is 12.0. The van der Waals surface area contributed by atoms with Crippen molar-refractivity contribution in [2.45, 2.75) is 26.3 Å². The van der Waals surface area contributed by atoms with E-state index in [4.69, 9.17) is 9.47 Å². The lowest BCUT2D eigenvalue weighted by atomic mass is 10.1. The van der Waals surface area contributed by atoms with Crippen LogP contribution in [0.4, 0.5) is 11.4 Å². The second-order valence-electron chi connectivity index (χ2n) is 6.26. The van der Waals surface area contributed by atoms with Gasteiger partial charge in [-0.25, -0.2) is 0 Å². The average Bonchev–Trinajstić information content (AvgIpc) is 3.06. The van der Waals surface area contributed by atoms with Crippen molar-refractivity contribution < 1.29 is 14.3 Å². The monoisotopic (exact) mass is 340 g/mol. The van der Waals surface area contributed by atoms with Crippen LogP contribution >= 0.6 is 0 Å². The lowest BCUT2D eigenvalue weighted by Gasteiger charge is -2.24. The third kappa shape index (κ3) is 3.27. The molecule has 0 fully saturated rings. The number of amides is 1. The van der Waals surface area contributed by atoms with E-state index >= 15 is 0 Å². The zero-order chi connectivity index (χ0) is 18.0. The Bertz CT molecular complexity index is 789. The van der Waals surface area contributed by atoms with Gasteiger partial charge in [-0.05, 0) is 43.5 Å². The van der Waals surface area contributed by atoms with E-state index in [0.29, 0.717) is 11.5 Å². The molecule has 25 heavy (non-hydrogen) atoms. The third-order valence-corrected chi connectivity index (χ3v) is 4.63. The number of fused-ring (bicyclic) bond motifs is 1. The molecule has 0 aliphatic carbocycles. The summed E-state index contributed by atoms with van der Waals surface area (Å²) in [6.45, 7) is 4.60. The number of nitrogens with one attached hydrogen (secondary N) is 1. The lowest BCUT2D eigenvalue weighted by molar-refractivity contribution is -0.118. The highest BCUT2D eigenvalue weighted by molar-refractivity contribution is 6.00. The van der Waals surface area contributed by atoms with Crippen LogP contribution in [0.25, 0.3) is 0 Å². The largest absolute Gasteiger partial charge is 0.493 e. The SMILES string of the molecule is COc1cc(C)c(N[C@@H](C)C(=O)N2CCc3ccccc32)cc1OC. The summed E-state index contributed by atoms with van der Waals surface area (Å²) in [5.41, 5.74) is 4.11. The van der Waals surface area contributed by atoms with Crippen molar-refractivity contribution in [3.63, 3.8) is 0 Å². The molecule has 0 bridgehead atoms. The number of benzene rings is 2. The van der Waals surface area contributed by atoms with Gasteiger partial charge in [0.05, 0.1) is 14.2 Å². The summed E-state index contributed by atoms with van der Waals surface area (Å²) in [5, 5.41) is 3.32. The normalized spacial score (nSPS) is 14.0. The Morgan fingerprint density at radius 2 is 1.84 bits per heavy atom. The number of ether oxygens (including phenoxy) is 2. The van der Waals surface area contributed by atoms with Crippen LogP contribution in [0.2, 0.25) is 0 Å². The fraction of sp³-hybridized carbons (Fsp3) is 0.350. The first-order valence-electron chi connectivity index (χ1n) is 8.43. The van der Waals surface area contributed by atoms with E-state index in [1.807, 2.05) is 49.1 Å². The molecular formula is C20H24N2O3. The number of para-hydroxylation sites is 1. The number of carbonyl (C=O) groups is 1. The number of methoxy groups -OCH3 is 2. The first-order valence-corrected chi connectivity index (χ1v) is 8.43. The van der Waals surface area contributed by atoms with Crippen LogP contribution in [-0.4, -0.2) is 32.7 Å². The van der Waals surface area contributed by atoms with Crippen molar-refractivity contribution in [1.82, 2.24) is 0 Å². The Morgan fingerprint density at radius 3 is 2.56 bits per heavy atom. The minimum absolute atomic E-state index is 0.0686. The smallest absolute Gasteiger partial charge is 0.249 e. The Balaban J connectivity index is 1.79. The molecule has 1 aliphatic heterocycles. The van der Waals surface area contributed by atoms with Gasteiger partial charge in [-0.2, -0.15) is 0 Å². The summed E-state index contributed by atoms with van der Waals surface area (Å²) in [6, 6.07) is 11.5. The Labute approximate surface area is 148 Å². The molecule has 0 saturated heterocycles. The van der Waals surface area contributed by atoms with Gasteiger partial charge >= 0.3 is 0 Å². The quantitative estimate of drug-likeness (QED) is 0.906. The number of hydrogen-bond donors (Lipinski definition) is 1. The number of nitrogens with zero attached hydrogens (tertiary/aromatic N) is 1. The maximum atomic E-state index is 12.9. The van der Waals surface area contributed by atoms with E-state index in [-0.39, 0.29) is 11.9 Å². The highest BCUT2D eigenvalue weighted by Gasteiger charge is 2.28. The maximum absolute atomic E-state index is 12.9. The van der Waals surface area contributed by atoms with Gasteiger partial charge in [0, 0.05) is 24.0 Å². The summed E-state index contributed by atoms with van der Waals surface area (Å²) in [6.07, 6.45) is 0.907. The molecule has 3 rings (SSSR count). The van der Waals surface area contributed by atoms with Crippen LogP contribution in [0.1, 0.15) is 18.1 Å². The molecule has 0 aromatic heterocycles. The maximum Gasteiger partial charge on any atom is 0.249 e. The van der Waals surface area contributed by atoms with Crippen molar-refractivity contribution >= 4 is 17.3 Å². The fourth-order valence-corrected chi connectivity index (χ4v) is 3.23. The Morgan fingerprint density at radius 1 is 1.16 bits per heavy atom. The summed E-state index contributed by atoms with van der Waals surface area (Å²) >= 11 is 0. The zero-order valence-corrected chi connectivity index (χ0v) is 15.1. The Kier molecular flexibility index (Phi) is 4.83. The van der Waals surface area contributed by atoms with Crippen LogP contribution in [-0.2, 0) is 11.2 Å². The number of hydrogen-bond acceptors (Lipinski definition) is 4. The van der Waals surface area contributed by atoms with Crippen molar-refractivity contribution in [3.05, 3.63) is 47.5 Å². The third-order valence-electron chi connectivity index (χ3n) is 4.63. The van der Waals surface area contributed by atoms with Gasteiger partial charge in [-0.1, -0.05) is 18.2 Å². The second kappa shape index (κ2) is 7.05. The van der Waals surface area contributed by atoms with Crippen molar-refractivity contribution in [2.24, 2.45) is 0 Å². The van der Waals surface area contributed by atoms with Gasteiger partial charge in [0.2, 0.25) is 5.91 Å². The molecule has 0 unspecified atom stereocenters. The molecule has 1 aliphatic rings. The lowest BCUT2D eigenvalue weighted by Crippen LogP contribution is -2.40. The van der Waals surface area contributed by atoms with E-state index in [9.17, 15) is 4.79 Å². The van der Waals surface area contributed by atoms with E-state index in [0.717, 1.165) is 29.9 Å². The van der Waals surface area contributed by atoms with Gasteiger partial charge in [0.1, 0.15) is 6.04 Å². The summed E-state index contributed by atoms with van der Waals surface area (Å²) in [4.78, 5) is 14.8. The number of carbonyl (C=O) groups excluding carboxylic acids is 1. The van der Waals surface area contributed by atoms with Crippen LogP contribution < -0.4 is 19.7 Å². The molecule has 1 amide bonds. The summed E-state index contributed by atoms with van der Waals surface area (Å²) < 4.78 is 10.7. The molecule has 0 spiro atoms. The molecule has 1 N–H and O–H groups in total. The van der Waals surface area contributed by atoms with Gasteiger partial charge < -0.3 is 19.7 Å². The molecule has 0 radical (unpaired) electrons. The predicted octanol–water partition coefficient (Wildman–Crippen LogP) is 3.40.